The van der Waals surface area contributed by atoms with Gasteiger partial charge in [-0.1, -0.05) is 174 Å². The Hall–Kier alpha value is -0.760. The number of quaternary nitrogens is 1. The molecular weight excluding hydrogens is 671 g/mol. The zero-order valence-electron chi connectivity index (χ0n) is 35.1. The second-order valence-corrected chi connectivity index (χ2v) is 17.9. The van der Waals surface area contributed by atoms with Gasteiger partial charge in [-0.15, -0.1) is 0 Å². The quantitative estimate of drug-likeness (QED) is 0.0249. The SMILES string of the molecule is CCCCCCCCC/C=C\CCCCCCCC(=O)NC(COP(=O)(O)OCC[N+](C)(C)C)C(O)CCCCCCCCCCCCCCCC. The summed E-state index contributed by atoms with van der Waals surface area (Å²) in [4.78, 5) is 23.1. The van der Waals surface area contributed by atoms with Crippen LogP contribution in [0.2, 0.25) is 0 Å². The normalized spacial score (nSPS) is 14.5. The second-order valence-electron chi connectivity index (χ2n) is 16.4. The van der Waals surface area contributed by atoms with Gasteiger partial charge in [-0.3, -0.25) is 13.8 Å². The Morgan fingerprint density at radius 2 is 1.04 bits per heavy atom. The summed E-state index contributed by atoms with van der Waals surface area (Å²) in [6.45, 7) is 4.88. The third-order valence-electron chi connectivity index (χ3n) is 10.0. The van der Waals surface area contributed by atoms with E-state index < -0.39 is 20.0 Å². The number of hydrogen-bond acceptors (Lipinski definition) is 5. The summed E-state index contributed by atoms with van der Waals surface area (Å²) in [5.74, 6) is -0.152. The lowest BCUT2D eigenvalue weighted by Crippen LogP contribution is -2.46. The van der Waals surface area contributed by atoms with Crippen molar-refractivity contribution < 1.29 is 32.9 Å². The van der Waals surface area contributed by atoms with Crippen molar-refractivity contribution >= 4 is 13.7 Å². The number of nitrogens with one attached hydrogen (secondary N) is 1. The number of carbonyl (C=O) groups is 1. The molecule has 0 aliphatic heterocycles. The van der Waals surface area contributed by atoms with Crippen LogP contribution in [0.4, 0.5) is 0 Å². The van der Waals surface area contributed by atoms with Crippen molar-refractivity contribution in [3.8, 4) is 0 Å². The van der Waals surface area contributed by atoms with Crippen molar-refractivity contribution in [1.82, 2.24) is 5.32 Å². The highest BCUT2D eigenvalue weighted by Crippen LogP contribution is 2.43. The summed E-state index contributed by atoms with van der Waals surface area (Å²) in [6, 6.07) is -0.759. The van der Waals surface area contributed by atoms with E-state index in [2.05, 4.69) is 31.3 Å². The van der Waals surface area contributed by atoms with Crippen molar-refractivity contribution in [2.75, 3.05) is 40.9 Å². The number of rotatable bonds is 40. The number of hydrogen-bond donors (Lipinski definition) is 3. The van der Waals surface area contributed by atoms with Crippen LogP contribution < -0.4 is 5.32 Å². The van der Waals surface area contributed by atoms with Crippen LogP contribution in [0.1, 0.15) is 206 Å². The molecule has 0 heterocycles. The van der Waals surface area contributed by atoms with Crippen molar-refractivity contribution in [1.29, 1.82) is 0 Å². The first-order valence-corrected chi connectivity index (χ1v) is 23.5. The topological polar surface area (TPSA) is 105 Å². The predicted octanol–water partition coefficient (Wildman–Crippen LogP) is 12.0. The Bertz CT molecular complexity index is 865. The number of nitrogens with zero attached hydrogens (tertiary/aromatic N) is 1. The number of carbonyl (C=O) groups excluding carboxylic acids is 1. The van der Waals surface area contributed by atoms with Crippen LogP contribution in [0.5, 0.6) is 0 Å². The molecule has 3 N–H and O–H groups in total. The lowest BCUT2D eigenvalue weighted by molar-refractivity contribution is -0.870. The van der Waals surface area contributed by atoms with Crippen LogP contribution in [-0.2, 0) is 18.4 Å². The summed E-state index contributed by atoms with van der Waals surface area (Å²) in [5.41, 5.74) is 0. The lowest BCUT2D eigenvalue weighted by atomic mass is 10.0. The first-order valence-electron chi connectivity index (χ1n) is 22.1. The molecule has 0 aromatic rings. The standard InChI is InChI=1S/C43H87N2O6P/c1-6-8-10-12-14-16-18-20-22-23-25-27-29-31-33-35-37-43(47)44-41(40-51-52(48,49)50-39-38-45(3,4)5)42(46)36-34-32-30-28-26-24-21-19-17-15-13-11-9-7-2/h22-23,41-42,46H,6-21,24-40H2,1-5H3,(H-,44,47,48,49)/p+1/b23-22-. The molecule has 0 rings (SSSR count). The molecule has 3 unspecified atom stereocenters. The molecule has 1 amide bonds. The van der Waals surface area contributed by atoms with Gasteiger partial charge >= 0.3 is 7.82 Å². The fourth-order valence-corrected chi connectivity index (χ4v) is 7.19. The lowest BCUT2D eigenvalue weighted by Gasteiger charge is -2.26. The van der Waals surface area contributed by atoms with E-state index in [1.807, 2.05) is 21.1 Å². The highest BCUT2D eigenvalue weighted by atomic mass is 31.2. The molecule has 0 aliphatic rings. The van der Waals surface area contributed by atoms with Crippen LogP contribution in [-0.4, -0.2) is 73.4 Å². The van der Waals surface area contributed by atoms with Crippen molar-refractivity contribution in [2.45, 2.75) is 219 Å². The van der Waals surface area contributed by atoms with E-state index in [0.29, 0.717) is 23.9 Å². The minimum absolute atomic E-state index is 0.0748. The molecular formula is C43H88N2O6P+. The molecule has 0 aliphatic carbocycles. The van der Waals surface area contributed by atoms with Gasteiger partial charge in [0.05, 0.1) is 39.9 Å². The maximum atomic E-state index is 12.9. The number of likely N-dealkylation sites (N-methyl/N-ethyl adjacent to an activating group) is 1. The van der Waals surface area contributed by atoms with Crippen LogP contribution >= 0.6 is 7.82 Å². The number of phosphoric acid groups is 1. The summed E-state index contributed by atoms with van der Waals surface area (Å²) >= 11 is 0. The van der Waals surface area contributed by atoms with Crippen LogP contribution in [0.3, 0.4) is 0 Å². The largest absolute Gasteiger partial charge is 0.472 e. The number of unbranched alkanes of at least 4 members (excludes halogenated alkanes) is 25. The fourth-order valence-electron chi connectivity index (χ4n) is 6.45. The van der Waals surface area contributed by atoms with E-state index in [0.717, 1.165) is 51.4 Å². The van der Waals surface area contributed by atoms with Gasteiger partial charge in [0.2, 0.25) is 5.91 Å². The molecule has 0 aromatic heterocycles. The molecule has 0 saturated carbocycles. The van der Waals surface area contributed by atoms with Gasteiger partial charge in [0.25, 0.3) is 0 Å². The molecule has 0 bridgehead atoms. The zero-order valence-corrected chi connectivity index (χ0v) is 36.0. The maximum absolute atomic E-state index is 12.9. The van der Waals surface area contributed by atoms with Gasteiger partial charge in [0.1, 0.15) is 13.2 Å². The summed E-state index contributed by atoms with van der Waals surface area (Å²) < 4.78 is 23.6. The zero-order chi connectivity index (χ0) is 38.6. The number of aliphatic hydroxyl groups is 1. The minimum atomic E-state index is -4.31. The third kappa shape index (κ3) is 37.6. The van der Waals surface area contributed by atoms with Gasteiger partial charge in [0.15, 0.2) is 0 Å². The van der Waals surface area contributed by atoms with Crippen LogP contribution in [0, 0.1) is 0 Å². The van der Waals surface area contributed by atoms with E-state index in [1.54, 1.807) is 0 Å². The van der Waals surface area contributed by atoms with Gasteiger partial charge in [0, 0.05) is 6.42 Å². The first-order chi connectivity index (χ1) is 25.0. The maximum Gasteiger partial charge on any atom is 0.472 e. The van der Waals surface area contributed by atoms with Gasteiger partial charge in [-0.2, -0.15) is 0 Å². The second kappa shape index (κ2) is 35.9. The highest BCUT2D eigenvalue weighted by Gasteiger charge is 2.28. The Morgan fingerprint density at radius 3 is 1.48 bits per heavy atom. The highest BCUT2D eigenvalue weighted by molar-refractivity contribution is 7.47. The Balaban J connectivity index is 4.38. The molecule has 0 aromatic carbocycles. The smallest absolute Gasteiger partial charge is 0.391 e. The minimum Gasteiger partial charge on any atom is -0.391 e. The molecule has 3 atom stereocenters. The van der Waals surface area contributed by atoms with E-state index in [9.17, 15) is 19.4 Å². The molecule has 9 heteroatoms. The Morgan fingerprint density at radius 1 is 0.635 bits per heavy atom. The summed E-state index contributed by atoms with van der Waals surface area (Å²) in [7, 11) is 1.61. The van der Waals surface area contributed by atoms with Gasteiger partial charge < -0.3 is 19.8 Å². The fraction of sp³-hybridized carbons (Fsp3) is 0.930. The molecule has 0 fully saturated rings. The van der Waals surface area contributed by atoms with Crippen molar-refractivity contribution in [3.63, 3.8) is 0 Å². The van der Waals surface area contributed by atoms with E-state index in [4.69, 9.17) is 9.05 Å². The van der Waals surface area contributed by atoms with E-state index in [-0.39, 0.29) is 19.1 Å². The van der Waals surface area contributed by atoms with Crippen LogP contribution in [0.25, 0.3) is 0 Å². The molecule has 0 radical (unpaired) electrons. The third-order valence-corrected chi connectivity index (χ3v) is 11.0. The van der Waals surface area contributed by atoms with Gasteiger partial charge in [-0.05, 0) is 38.5 Å². The molecule has 52 heavy (non-hydrogen) atoms. The van der Waals surface area contributed by atoms with Gasteiger partial charge in [-0.25, -0.2) is 4.57 Å². The van der Waals surface area contributed by atoms with Crippen molar-refractivity contribution in [2.24, 2.45) is 0 Å². The number of amides is 1. The summed E-state index contributed by atoms with van der Waals surface area (Å²) in [5, 5.41) is 13.9. The molecule has 8 nitrogen and oxygen atoms in total. The number of phosphoric ester groups is 1. The average Bonchev–Trinajstić information content (AvgIpc) is 3.09. The monoisotopic (exact) mass is 760 g/mol. The van der Waals surface area contributed by atoms with E-state index in [1.165, 1.54) is 128 Å². The van der Waals surface area contributed by atoms with Crippen LogP contribution in [0.15, 0.2) is 12.2 Å². The average molecular weight is 760 g/mol. The molecule has 310 valence electrons. The predicted molar refractivity (Wildman–Crippen MR) is 222 cm³/mol. The number of allylic oxidation sites excluding steroid dienone is 2. The Labute approximate surface area is 322 Å². The number of aliphatic hydroxyl groups excluding tert-OH is 1. The van der Waals surface area contributed by atoms with E-state index >= 15 is 0 Å². The molecule has 0 spiro atoms. The first kappa shape index (κ1) is 51.2. The summed E-state index contributed by atoms with van der Waals surface area (Å²) in [6.07, 6.45) is 39.4. The van der Waals surface area contributed by atoms with Crippen molar-refractivity contribution in [3.05, 3.63) is 12.2 Å². The molecule has 0 saturated heterocycles. The Kier molecular flexibility index (Phi) is 35.4.